The van der Waals surface area contributed by atoms with Gasteiger partial charge in [-0.05, 0) is 49.2 Å². The molecule has 3 N–H and O–H groups in total. The van der Waals surface area contributed by atoms with Crippen molar-refractivity contribution in [1.29, 1.82) is 0 Å². The maximum Gasteiger partial charge on any atom is 0.387 e. The highest BCUT2D eigenvalue weighted by atomic mass is 35.5. The van der Waals surface area contributed by atoms with Crippen LogP contribution in [0.15, 0.2) is 42.5 Å². The van der Waals surface area contributed by atoms with Crippen LogP contribution in [0, 0.1) is 0 Å². The predicted molar refractivity (Wildman–Crippen MR) is 102 cm³/mol. The van der Waals surface area contributed by atoms with E-state index in [1.54, 1.807) is 24.3 Å². The molecule has 1 saturated carbocycles. The van der Waals surface area contributed by atoms with E-state index in [1.165, 1.54) is 18.2 Å². The highest BCUT2D eigenvalue weighted by Crippen LogP contribution is 2.28. The summed E-state index contributed by atoms with van der Waals surface area (Å²) in [5.41, 5.74) is 1.44. The van der Waals surface area contributed by atoms with Crippen molar-refractivity contribution in [3.63, 3.8) is 0 Å². The number of rotatable bonds is 8. The second kappa shape index (κ2) is 8.88. The fourth-order valence-electron chi connectivity index (χ4n) is 2.42. The van der Waals surface area contributed by atoms with Crippen LogP contribution < -0.4 is 20.7 Å². The third-order valence-corrected chi connectivity index (χ3v) is 4.22. The van der Waals surface area contributed by atoms with Gasteiger partial charge in [-0.2, -0.15) is 8.78 Å². The summed E-state index contributed by atoms with van der Waals surface area (Å²) in [5.74, 6) is -0.658. The molecule has 0 radical (unpaired) electrons. The monoisotopic (exact) mass is 409 g/mol. The predicted octanol–water partition coefficient (Wildman–Crippen LogP) is 3.88. The van der Waals surface area contributed by atoms with Gasteiger partial charge in [0.05, 0.1) is 11.6 Å². The zero-order valence-corrected chi connectivity index (χ0v) is 15.4. The largest absolute Gasteiger partial charge is 0.433 e. The molecule has 148 valence electrons. The molecule has 28 heavy (non-hydrogen) atoms. The van der Waals surface area contributed by atoms with E-state index in [9.17, 15) is 18.4 Å². The molecule has 0 spiro atoms. The van der Waals surface area contributed by atoms with E-state index < -0.39 is 6.61 Å². The topological polar surface area (TPSA) is 79.5 Å². The van der Waals surface area contributed by atoms with Crippen molar-refractivity contribution in [2.45, 2.75) is 25.5 Å². The number of carbonyl (C=O) groups is 2. The lowest BCUT2D eigenvalue weighted by Gasteiger charge is -2.11. The molecule has 1 aliphatic rings. The molecule has 2 aromatic carbocycles. The van der Waals surface area contributed by atoms with Crippen molar-refractivity contribution in [2.75, 3.05) is 17.2 Å². The van der Waals surface area contributed by atoms with Crippen LogP contribution in [-0.4, -0.2) is 31.0 Å². The Labute approximate surface area is 165 Å². The van der Waals surface area contributed by atoms with Crippen LogP contribution in [-0.2, 0) is 4.79 Å². The van der Waals surface area contributed by atoms with E-state index >= 15 is 0 Å². The lowest BCUT2D eigenvalue weighted by atomic mass is 10.2. The first kappa shape index (κ1) is 19.9. The number of carbonyl (C=O) groups excluding carboxylic acids is 2. The van der Waals surface area contributed by atoms with Crippen molar-refractivity contribution in [3.8, 4) is 5.75 Å². The lowest BCUT2D eigenvalue weighted by molar-refractivity contribution is -0.114. The highest BCUT2D eigenvalue weighted by Gasteiger charge is 2.23. The van der Waals surface area contributed by atoms with Crippen LogP contribution >= 0.6 is 11.6 Å². The molecule has 0 aliphatic heterocycles. The Balaban J connectivity index is 1.53. The summed E-state index contributed by atoms with van der Waals surface area (Å²) in [6.45, 7) is -3.05. The molecular formula is C19H18ClF2N3O3. The summed E-state index contributed by atoms with van der Waals surface area (Å²) in [6.07, 6.45) is 1.99. The lowest BCUT2D eigenvalue weighted by Crippen LogP contribution is -2.26. The molecule has 0 unspecified atom stereocenters. The van der Waals surface area contributed by atoms with Gasteiger partial charge in [0, 0.05) is 23.0 Å². The molecule has 1 aliphatic carbocycles. The number of hydrogen-bond acceptors (Lipinski definition) is 4. The molecule has 0 heterocycles. The highest BCUT2D eigenvalue weighted by molar-refractivity contribution is 6.32. The average Bonchev–Trinajstić information content (AvgIpc) is 3.46. The quantitative estimate of drug-likeness (QED) is 0.618. The van der Waals surface area contributed by atoms with Crippen LogP contribution in [0.2, 0.25) is 5.02 Å². The minimum absolute atomic E-state index is 0.0000782. The Bertz CT molecular complexity index is 875. The van der Waals surface area contributed by atoms with Gasteiger partial charge in [-0.1, -0.05) is 17.7 Å². The molecule has 1 fully saturated rings. The maximum atomic E-state index is 12.2. The standard InChI is InChI=1S/C19H18ClF2N3O3/c20-15-9-13(6-7-16(15)28-19(21)22)23-10-17(26)24-14-3-1-2-11(8-14)18(27)25-12-4-5-12/h1-3,6-9,12,19,23H,4-5,10H2,(H,24,26)(H,25,27). The van der Waals surface area contributed by atoms with Gasteiger partial charge < -0.3 is 20.7 Å². The maximum absolute atomic E-state index is 12.2. The van der Waals surface area contributed by atoms with E-state index in [0.717, 1.165) is 12.8 Å². The van der Waals surface area contributed by atoms with Crippen molar-refractivity contribution in [3.05, 3.63) is 53.1 Å². The summed E-state index contributed by atoms with van der Waals surface area (Å²) in [6, 6.07) is 11.0. The second-order valence-electron chi connectivity index (χ2n) is 6.25. The third kappa shape index (κ3) is 5.82. The fraction of sp³-hybridized carbons (Fsp3) is 0.263. The molecular weight excluding hydrogens is 392 g/mol. The van der Waals surface area contributed by atoms with Gasteiger partial charge in [0.2, 0.25) is 5.91 Å². The van der Waals surface area contributed by atoms with Crippen LogP contribution in [0.5, 0.6) is 5.75 Å². The number of anilines is 2. The van der Waals surface area contributed by atoms with E-state index in [0.29, 0.717) is 16.9 Å². The Morgan fingerprint density at radius 3 is 2.61 bits per heavy atom. The number of alkyl halides is 2. The number of benzene rings is 2. The SMILES string of the molecule is O=C(CNc1ccc(OC(F)F)c(Cl)c1)Nc1cccc(C(=O)NC2CC2)c1. The van der Waals surface area contributed by atoms with Crippen molar-refractivity contribution >= 4 is 34.8 Å². The Morgan fingerprint density at radius 1 is 1.14 bits per heavy atom. The normalized spacial score (nSPS) is 13.1. The van der Waals surface area contributed by atoms with Gasteiger partial charge in [0.25, 0.3) is 5.91 Å². The van der Waals surface area contributed by atoms with Crippen molar-refractivity contribution < 1.29 is 23.1 Å². The first-order valence-electron chi connectivity index (χ1n) is 8.60. The Kier molecular flexibility index (Phi) is 6.30. The summed E-state index contributed by atoms with van der Waals surface area (Å²) in [5, 5.41) is 8.41. The molecule has 0 bridgehead atoms. The summed E-state index contributed by atoms with van der Waals surface area (Å²) >= 11 is 5.87. The Morgan fingerprint density at radius 2 is 1.93 bits per heavy atom. The van der Waals surface area contributed by atoms with Crippen LogP contribution in [0.25, 0.3) is 0 Å². The van der Waals surface area contributed by atoms with Gasteiger partial charge in [-0.3, -0.25) is 9.59 Å². The number of hydrogen-bond donors (Lipinski definition) is 3. The smallest absolute Gasteiger partial charge is 0.387 e. The molecule has 3 rings (SSSR count). The first-order chi connectivity index (χ1) is 13.4. The number of ether oxygens (including phenoxy) is 1. The Hall–Kier alpha value is -2.87. The van der Waals surface area contributed by atoms with Crippen LogP contribution in [0.1, 0.15) is 23.2 Å². The van der Waals surface area contributed by atoms with Gasteiger partial charge in [-0.25, -0.2) is 0 Å². The van der Waals surface area contributed by atoms with Crippen molar-refractivity contribution in [1.82, 2.24) is 5.32 Å². The minimum Gasteiger partial charge on any atom is -0.433 e. The number of halogens is 3. The molecule has 9 heteroatoms. The average molecular weight is 410 g/mol. The zero-order chi connectivity index (χ0) is 20.1. The zero-order valence-electron chi connectivity index (χ0n) is 14.7. The first-order valence-corrected chi connectivity index (χ1v) is 8.97. The number of nitrogens with one attached hydrogen (secondary N) is 3. The summed E-state index contributed by atoms with van der Waals surface area (Å²) in [4.78, 5) is 24.2. The van der Waals surface area contributed by atoms with E-state index in [4.69, 9.17) is 11.6 Å². The van der Waals surface area contributed by atoms with Gasteiger partial charge in [-0.15, -0.1) is 0 Å². The van der Waals surface area contributed by atoms with Crippen LogP contribution in [0.4, 0.5) is 20.2 Å². The summed E-state index contributed by atoms with van der Waals surface area (Å²) in [7, 11) is 0. The van der Waals surface area contributed by atoms with Gasteiger partial charge in [0.1, 0.15) is 5.75 Å². The molecule has 6 nitrogen and oxygen atoms in total. The van der Waals surface area contributed by atoms with Crippen LogP contribution in [0.3, 0.4) is 0 Å². The molecule has 0 saturated heterocycles. The van der Waals surface area contributed by atoms with E-state index in [2.05, 4.69) is 20.7 Å². The fourth-order valence-corrected chi connectivity index (χ4v) is 2.65. The van der Waals surface area contributed by atoms with E-state index in [-0.39, 0.29) is 35.2 Å². The second-order valence-corrected chi connectivity index (χ2v) is 6.66. The molecule has 2 amide bonds. The third-order valence-electron chi connectivity index (χ3n) is 3.92. The van der Waals surface area contributed by atoms with Gasteiger partial charge >= 0.3 is 6.61 Å². The molecule has 0 atom stereocenters. The van der Waals surface area contributed by atoms with E-state index in [1.807, 2.05) is 0 Å². The molecule has 0 aromatic heterocycles. The number of amides is 2. The molecule has 2 aromatic rings. The van der Waals surface area contributed by atoms with Crippen molar-refractivity contribution in [2.24, 2.45) is 0 Å². The minimum atomic E-state index is -2.97. The summed E-state index contributed by atoms with van der Waals surface area (Å²) < 4.78 is 28.7. The van der Waals surface area contributed by atoms with Gasteiger partial charge in [0.15, 0.2) is 0 Å².